The smallest absolute Gasteiger partial charge is 0.149 e. The first-order valence-corrected chi connectivity index (χ1v) is 10.3. The SMILES string of the molecule is Cc1nn(C)c(C)c1/N=C/c1nc2c(-c3ccccc3)ccc(-c3ccccc3)c2[nH]1. The van der Waals surface area contributed by atoms with E-state index in [4.69, 9.17) is 9.98 Å². The number of aliphatic imine (C=N–C) groups is 1. The molecule has 3 aromatic carbocycles. The van der Waals surface area contributed by atoms with Crippen molar-refractivity contribution < 1.29 is 0 Å². The highest BCUT2D eigenvalue weighted by atomic mass is 15.3. The minimum atomic E-state index is 0.721. The summed E-state index contributed by atoms with van der Waals surface area (Å²) in [5.41, 5.74) is 9.27. The third-order valence-electron chi connectivity index (χ3n) is 5.62. The lowest BCUT2D eigenvalue weighted by Crippen LogP contribution is -1.92. The highest BCUT2D eigenvalue weighted by molar-refractivity contribution is 6.02. The van der Waals surface area contributed by atoms with Crippen molar-refractivity contribution in [2.45, 2.75) is 13.8 Å². The Kier molecular flexibility index (Phi) is 4.71. The van der Waals surface area contributed by atoms with E-state index in [0.717, 1.165) is 56.2 Å². The Hall–Kier alpha value is -3.99. The average Bonchev–Trinajstić information content (AvgIpc) is 3.33. The van der Waals surface area contributed by atoms with Crippen LogP contribution in [0.25, 0.3) is 33.3 Å². The summed E-state index contributed by atoms with van der Waals surface area (Å²) >= 11 is 0. The predicted octanol–water partition coefficient (Wildman–Crippen LogP) is 6.00. The fourth-order valence-corrected chi connectivity index (χ4v) is 3.96. The van der Waals surface area contributed by atoms with E-state index in [1.807, 2.05) is 37.7 Å². The zero-order valence-electron chi connectivity index (χ0n) is 17.8. The van der Waals surface area contributed by atoms with Crippen molar-refractivity contribution >= 4 is 22.9 Å². The van der Waals surface area contributed by atoms with E-state index in [1.165, 1.54) is 0 Å². The van der Waals surface area contributed by atoms with E-state index in [9.17, 15) is 0 Å². The zero-order chi connectivity index (χ0) is 21.4. The maximum Gasteiger partial charge on any atom is 0.149 e. The number of benzene rings is 3. The lowest BCUT2D eigenvalue weighted by Gasteiger charge is -2.07. The third kappa shape index (κ3) is 3.44. The lowest BCUT2D eigenvalue weighted by atomic mass is 9.98. The molecule has 2 heterocycles. The summed E-state index contributed by atoms with van der Waals surface area (Å²) in [4.78, 5) is 13.1. The number of rotatable bonds is 4. The minimum Gasteiger partial charge on any atom is -0.337 e. The number of aromatic nitrogens is 4. The second-order valence-electron chi connectivity index (χ2n) is 7.64. The molecule has 152 valence electrons. The molecule has 0 aliphatic carbocycles. The number of imidazole rings is 1. The van der Waals surface area contributed by atoms with Crippen LogP contribution in [0.5, 0.6) is 0 Å². The van der Waals surface area contributed by atoms with Crippen LogP contribution in [0.3, 0.4) is 0 Å². The van der Waals surface area contributed by atoms with E-state index < -0.39 is 0 Å². The molecule has 0 atom stereocenters. The van der Waals surface area contributed by atoms with Gasteiger partial charge in [-0.3, -0.25) is 4.68 Å². The molecule has 31 heavy (non-hydrogen) atoms. The molecular formula is C26H23N5. The van der Waals surface area contributed by atoms with Crippen molar-refractivity contribution in [2.24, 2.45) is 12.0 Å². The van der Waals surface area contributed by atoms with E-state index in [-0.39, 0.29) is 0 Å². The number of nitrogens with zero attached hydrogens (tertiary/aromatic N) is 4. The highest BCUT2D eigenvalue weighted by Gasteiger charge is 2.14. The van der Waals surface area contributed by atoms with Crippen LogP contribution in [0.4, 0.5) is 5.69 Å². The van der Waals surface area contributed by atoms with Gasteiger partial charge >= 0.3 is 0 Å². The standard InChI is InChI=1S/C26H23N5/c1-17-24(18(2)31(3)30-17)27-16-23-28-25-21(19-10-6-4-7-11-19)14-15-22(26(25)29-23)20-12-8-5-9-13-20/h4-16H,1-3H3,(H,28,29)/b27-16+. The van der Waals surface area contributed by atoms with E-state index in [0.29, 0.717) is 0 Å². The number of aryl methyl sites for hydroxylation is 2. The molecule has 5 heteroatoms. The number of fused-ring (bicyclic) bond motifs is 1. The van der Waals surface area contributed by atoms with Gasteiger partial charge in [0.05, 0.1) is 28.6 Å². The third-order valence-corrected chi connectivity index (χ3v) is 5.62. The van der Waals surface area contributed by atoms with Crippen LogP contribution in [0, 0.1) is 13.8 Å². The maximum absolute atomic E-state index is 4.92. The molecule has 0 saturated carbocycles. The molecule has 0 spiro atoms. The van der Waals surface area contributed by atoms with Gasteiger partial charge in [-0.15, -0.1) is 0 Å². The van der Waals surface area contributed by atoms with Gasteiger partial charge in [0.25, 0.3) is 0 Å². The molecular weight excluding hydrogens is 382 g/mol. The highest BCUT2D eigenvalue weighted by Crippen LogP contribution is 2.34. The van der Waals surface area contributed by atoms with Crippen molar-refractivity contribution in [3.05, 3.63) is 90.0 Å². The van der Waals surface area contributed by atoms with Crippen LogP contribution in [0.15, 0.2) is 77.8 Å². The molecule has 0 unspecified atom stereocenters. The Morgan fingerprint density at radius 2 is 1.45 bits per heavy atom. The first kappa shape index (κ1) is 19.0. The van der Waals surface area contributed by atoms with E-state index in [1.54, 1.807) is 6.21 Å². The summed E-state index contributed by atoms with van der Waals surface area (Å²) in [7, 11) is 1.93. The number of nitrogens with one attached hydrogen (secondary N) is 1. The van der Waals surface area contributed by atoms with Crippen LogP contribution < -0.4 is 0 Å². The largest absolute Gasteiger partial charge is 0.337 e. The van der Waals surface area contributed by atoms with Gasteiger partial charge in [0.2, 0.25) is 0 Å². The topological polar surface area (TPSA) is 58.9 Å². The molecule has 5 nitrogen and oxygen atoms in total. The normalized spacial score (nSPS) is 11.6. The average molecular weight is 406 g/mol. The molecule has 0 aliphatic rings. The molecule has 0 aliphatic heterocycles. The van der Waals surface area contributed by atoms with Crippen LogP contribution in [0.1, 0.15) is 17.2 Å². The summed E-state index contributed by atoms with van der Waals surface area (Å²) in [6.45, 7) is 3.99. The Morgan fingerprint density at radius 1 is 0.839 bits per heavy atom. The predicted molar refractivity (Wildman–Crippen MR) is 127 cm³/mol. The van der Waals surface area contributed by atoms with Crippen molar-refractivity contribution in [1.29, 1.82) is 0 Å². The number of hydrogen-bond acceptors (Lipinski definition) is 3. The first-order chi connectivity index (χ1) is 15.1. The van der Waals surface area contributed by atoms with Crippen molar-refractivity contribution in [2.75, 3.05) is 0 Å². The van der Waals surface area contributed by atoms with Crippen molar-refractivity contribution in [1.82, 2.24) is 19.7 Å². The first-order valence-electron chi connectivity index (χ1n) is 10.3. The molecule has 5 aromatic rings. The van der Waals surface area contributed by atoms with Gasteiger partial charge in [0.1, 0.15) is 11.5 Å². The van der Waals surface area contributed by atoms with Gasteiger partial charge in [0.15, 0.2) is 0 Å². The van der Waals surface area contributed by atoms with Crippen LogP contribution >= 0.6 is 0 Å². The summed E-state index contributed by atoms with van der Waals surface area (Å²) in [6.07, 6.45) is 1.79. The van der Waals surface area contributed by atoms with E-state index >= 15 is 0 Å². The van der Waals surface area contributed by atoms with E-state index in [2.05, 4.69) is 70.7 Å². The molecule has 0 bridgehead atoms. The zero-order valence-corrected chi connectivity index (χ0v) is 17.8. The van der Waals surface area contributed by atoms with Gasteiger partial charge in [-0.2, -0.15) is 5.10 Å². The summed E-state index contributed by atoms with van der Waals surface area (Å²) in [6, 6.07) is 25.0. The lowest BCUT2D eigenvalue weighted by molar-refractivity contribution is 0.731. The second kappa shape index (κ2) is 7.69. The Morgan fingerprint density at radius 3 is 2.06 bits per heavy atom. The van der Waals surface area contributed by atoms with Gasteiger partial charge < -0.3 is 4.98 Å². The second-order valence-corrected chi connectivity index (χ2v) is 7.64. The number of H-pyrrole nitrogens is 1. The van der Waals surface area contributed by atoms with Crippen molar-refractivity contribution in [3.8, 4) is 22.3 Å². The molecule has 0 radical (unpaired) electrons. The van der Waals surface area contributed by atoms with Crippen LogP contribution in [-0.4, -0.2) is 26.0 Å². The van der Waals surface area contributed by atoms with Crippen molar-refractivity contribution in [3.63, 3.8) is 0 Å². The fraction of sp³-hybridized carbons (Fsp3) is 0.115. The minimum absolute atomic E-state index is 0.721. The monoisotopic (exact) mass is 405 g/mol. The van der Waals surface area contributed by atoms with Crippen LogP contribution in [0.2, 0.25) is 0 Å². The fourth-order valence-electron chi connectivity index (χ4n) is 3.96. The Bertz CT molecular complexity index is 1320. The summed E-state index contributed by atoms with van der Waals surface area (Å²) in [5.74, 6) is 0.721. The number of aromatic amines is 1. The Balaban J connectivity index is 1.68. The number of hydrogen-bond donors (Lipinski definition) is 1. The molecule has 0 saturated heterocycles. The quantitative estimate of drug-likeness (QED) is 0.373. The van der Waals surface area contributed by atoms with Gasteiger partial charge in [-0.1, -0.05) is 72.8 Å². The van der Waals surface area contributed by atoms with Crippen LogP contribution in [-0.2, 0) is 7.05 Å². The van der Waals surface area contributed by atoms with Gasteiger partial charge in [-0.25, -0.2) is 9.98 Å². The molecule has 1 N–H and O–H groups in total. The van der Waals surface area contributed by atoms with Gasteiger partial charge in [-0.05, 0) is 25.0 Å². The molecule has 5 rings (SSSR count). The maximum atomic E-state index is 4.92. The molecule has 2 aromatic heterocycles. The molecule has 0 amide bonds. The summed E-state index contributed by atoms with van der Waals surface area (Å²) < 4.78 is 1.85. The molecule has 0 fully saturated rings. The van der Waals surface area contributed by atoms with Gasteiger partial charge in [0, 0.05) is 18.2 Å². The Labute approximate surface area is 181 Å². The summed E-state index contributed by atoms with van der Waals surface area (Å²) in [5, 5.41) is 4.45.